The minimum absolute atomic E-state index is 0.0714. The summed E-state index contributed by atoms with van der Waals surface area (Å²) in [5.74, 6) is 8.00. The number of aryl methyl sites for hydroxylation is 1. The number of hydrogen-bond acceptors (Lipinski definition) is 17. The Morgan fingerprint density at radius 2 is 0.362 bits per heavy atom. The van der Waals surface area contributed by atoms with Gasteiger partial charge in [0, 0.05) is 36.4 Å². The number of ether oxygens (including phenoxy) is 14. The van der Waals surface area contributed by atoms with Gasteiger partial charge in [-0.25, -0.2) is 13.1 Å². The smallest absolute Gasteiger partial charge is 0.241 e. The van der Waals surface area contributed by atoms with Crippen molar-refractivity contribution in [2.45, 2.75) is 116 Å². The van der Waals surface area contributed by atoms with Crippen molar-refractivity contribution in [3.63, 3.8) is 0 Å². The molecule has 0 aliphatic rings. The van der Waals surface area contributed by atoms with E-state index in [2.05, 4.69) is 4.72 Å². The predicted molar refractivity (Wildman–Crippen MR) is 535 cm³/mol. The molecule has 0 saturated heterocycles. The van der Waals surface area contributed by atoms with E-state index in [4.69, 9.17) is 72.0 Å². The Hall–Kier alpha value is -16.2. The van der Waals surface area contributed by atoms with Gasteiger partial charge in [-0.3, -0.25) is 0 Å². The van der Waals surface area contributed by atoms with Gasteiger partial charge in [-0.1, -0.05) is 285 Å². The van der Waals surface area contributed by atoms with Crippen LogP contribution in [0.5, 0.6) is 80.5 Å². The summed E-state index contributed by atoms with van der Waals surface area (Å²) in [6, 6.07) is 134. The molecule has 17 aromatic carbocycles. The first-order chi connectivity index (χ1) is 67.8. The van der Waals surface area contributed by atoms with E-state index in [-0.39, 0.29) is 44.5 Å². The van der Waals surface area contributed by atoms with Gasteiger partial charge < -0.3 is 72.0 Å². The first kappa shape index (κ1) is 93.6. The summed E-state index contributed by atoms with van der Waals surface area (Å²) in [5.41, 5.74) is 22.3. The van der Waals surface area contributed by atoms with E-state index in [0.29, 0.717) is 144 Å². The molecule has 0 unspecified atom stereocenters. The van der Waals surface area contributed by atoms with Crippen molar-refractivity contribution in [3.8, 4) is 80.5 Å². The highest BCUT2D eigenvalue weighted by atomic mass is 32.2. The quantitative estimate of drug-likeness (QED) is 0.0364. The Kier molecular flexibility index (Phi) is 32.3. The lowest BCUT2D eigenvalue weighted by Crippen LogP contribution is -2.36. The Morgan fingerprint density at radius 1 is 0.196 bits per heavy atom. The van der Waals surface area contributed by atoms with Crippen LogP contribution in [-0.4, -0.2) is 8.42 Å². The van der Waals surface area contributed by atoms with Gasteiger partial charge in [-0.15, -0.1) is 0 Å². The fourth-order valence-electron chi connectivity index (χ4n) is 15.3. The zero-order valence-corrected chi connectivity index (χ0v) is 77.3. The lowest BCUT2D eigenvalue weighted by Gasteiger charge is -2.26. The van der Waals surface area contributed by atoms with Crippen LogP contribution in [0.25, 0.3) is 0 Å². The first-order valence-electron chi connectivity index (χ1n) is 45.8. The Morgan fingerprint density at radius 3 is 0.551 bits per heavy atom. The van der Waals surface area contributed by atoms with E-state index in [1.54, 1.807) is 36.4 Å². The summed E-state index contributed by atoms with van der Waals surface area (Å²) in [7, 11) is -4.18. The van der Waals surface area contributed by atoms with Gasteiger partial charge in [0.05, 0.1) is 17.0 Å². The van der Waals surface area contributed by atoms with Crippen LogP contribution in [0.15, 0.2) is 430 Å². The molecule has 0 heterocycles. The molecule has 3 N–H and O–H groups in total. The van der Waals surface area contributed by atoms with Crippen LogP contribution in [-0.2, 0) is 103 Å². The van der Waals surface area contributed by atoms with Crippen molar-refractivity contribution in [1.29, 1.82) is 0 Å². The molecule has 0 amide bonds. The van der Waals surface area contributed by atoms with Gasteiger partial charge in [0.25, 0.3) is 0 Å². The number of sulfonamides is 1. The van der Waals surface area contributed by atoms with Gasteiger partial charge in [0.2, 0.25) is 10.0 Å². The van der Waals surface area contributed by atoms with Crippen LogP contribution in [0.1, 0.15) is 107 Å². The molecule has 2 atom stereocenters. The van der Waals surface area contributed by atoms with Crippen molar-refractivity contribution in [2.24, 2.45) is 5.73 Å². The van der Waals surface area contributed by atoms with E-state index < -0.39 is 22.1 Å². The molecule has 17 rings (SSSR count). The Labute approximate surface area is 806 Å². The number of nitrogens with two attached hydrogens (primary N) is 1. The molecule has 0 radical (unpaired) electrons. The second-order valence-electron chi connectivity index (χ2n) is 33.4. The highest BCUT2D eigenvalue weighted by Crippen LogP contribution is 2.38. The number of rotatable bonds is 48. The molecule has 0 bridgehead atoms. The van der Waals surface area contributed by atoms with Crippen LogP contribution in [0.3, 0.4) is 0 Å². The summed E-state index contributed by atoms with van der Waals surface area (Å²) in [4.78, 5) is 0.0812. The molecule has 0 aliphatic heterocycles. The third kappa shape index (κ3) is 28.7. The maximum absolute atomic E-state index is 14.6. The average Bonchev–Trinajstić information content (AvgIpc) is 0.798. The minimum atomic E-state index is -4.18. The van der Waals surface area contributed by atoms with Crippen LogP contribution in [0, 0.1) is 6.92 Å². The lowest BCUT2D eigenvalue weighted by molar-refractivity contribution is 0.273. The molecule has 0 spiro atoms. The number of nitrogens with one attached hydrogen (secondary N) is 1. The van der Waals surface area contributed by atoms with E-state index in [1.165, 1.54) is 0 Å². The van der Waals surface area contributed by atoms with Crippen molar-refractivity contribution in [3.05, 3.63) is 519 Å². The first-order valence-corrected chi connectivity index (χ1v) is 47.2. The standard InChI is InChI=1S/C119H106N2O16S/c1-86-42-52-117(53-43-86)138(122,123)121-119(102-46-50-104(51-47-102)125-81-96-56-115(136-84-99-62-109(130-76-91-34-18-6-19-35-91)68-110(63-99)131-77-92-36-20-7-21-37-92)71-116(57-96)137-85-100-64-111(132-78-93-38-22-8-23-39-93)69-112(65-100)133-79-94-40-24-9-25-41-94)118(120)101-44-48-103(49-45-101)124-80-95-54-113(134-82-97-58-105(126-72-87-26-10-2-11-27-87)66-106(59-97)127-73-88-28-12-3-13-29-88)70-114(55-95)135-83-98-60-107(128-74-89-30-14-4-15-31-89)67-108(61-98)129-75-90-32-16-5-17-33-90/h2-71,118-119,121H,72-85,120H2,1H3/t118-,119-/m1/s1. The fraction of sp³-hybridized carbons (Fsp3) is 0.143. The molecule has 0 saturated carbocycles. The van der Waals surface area contributed by atoms with E-state index in [0.717, 1.165) is 83.5 Å². The maximum atomic E-state index is 14.6. The molecule has 138 heavy (non-hydrogen) atoms. The monoisotopic (exact) mass is 1850 g/mol. The summed E-state index contributed by atoms with van der Waals surface area (Å²) < 4.78 is 124. The van der Waals surface area contributed by atoms with Gasteiger partial charge in [0.1, 0.15) is 173 Å². The highest BCUT2D eigenvalue weighted by molar-refractivity contribution is 7.89. The van der Waals surface area contributed by atoms with Crippen LogP contribution < -0.4 is 76.8 Å². The van der Waals surface area contributed by atoms with E-state index >= 15 is 0 Å². The molecule has 694 valence electrons. The second kappa shape index (κ2) is 47.6. The summed E-state index contributed by atoms with van der Waals surface area (Å²) in [6.07, 6.45) is 0. The average molecular weight is 1850 g/mol. The maximum Gasteiger partial charge on any atom is 0.241 e. The van der Waals surface area contributed by atoms with Gasteiger partial charge in [0.15, 0.2) is 0 Å². The van der Waals surface area contributed by atoms with E-state index in [1.807, 2.05) is 395 Å². The number of benzene rings is 17. The Bertz CT molecular complexity index is 6260. The molecule has 17 aromatic rings. The summed E-state index contributed by atoms with van der Waals surface area (Å²) in [5, 5.41) is 0. The second-order valence-corrected chi connectivity index (χ2v) is 35.1. The third-order valence-electron chi connectivity index (χ3n) is 22.5. The van der Waals surface area contributed by atoms with Gasteiger partial charge in [-0.2, -0.15) is 0 Å². The third-order valence-corrected chi connectivity index (χ3v) is 24.0. The van der Waals surface area contributed by atoms with Crippen molar-refractivity contribution < 1.29 is 74.7 Å². The molecule has 0 aliphatic carbocycles. The highest BCUT2D eigenvalue weighted by Gasteiger charge is 2.29. The summed E-state index contributed by atoms with van der Waals surface area (Å²) >= 11 is 0. The van der Waals surface area contributed by atoms with Crippen molar-refractivity contribution in [2.75, 3.05) is 0 Å². The van der Waals surface area contributed by atoms with Crippen LogP contribution in [0.2, 0.25) is 0 Å². The molecular weight excluding hydrogens is 1750 g/mol. The molecule has 0 fully saturated rings. The van der Waals surface area contributed by atoms with E-state index in [9.17, 15) is 8.42 Å². The molecule has 0 aromatic heterocycles. The van der Waals surface area contributed by atoms with Crippen molar-refractivity contribution >= 4 is 10.0 Å². The normalized spacial score (nSPS) is 11.6. The van der Waals surface area contributed by atoms with Gasteiger partial charge in [-0.05, 0) is 205 Å². The largest absolute Gasteiger partial charge is 0.489 e. The zero-order valence-electron chi connectivity index (χ0n) is 76.5. The SMILES string of the molecule is Cc1ccc(S(=O)(=O)N[C@H](c2ccc(OCc3cc(OCc4cc(OCc5ccccc5)cc(OCc5ccccc5)c4)cc(OCc4cc(OCc5ccccc5)cc(OCc5ccccc5)c4)c3)cc2)[C@H](N)c2ccc(OCc3cc(OCc4cc(OCc5ccccc5)cc(OCc5ccccc5)c4)cc(OCc4cc(OCc5ccccc5)cc(OCc5ccccc5)c4)c3)cc2)cc1. The topological polar surface area (TPSA) is 201 Å². The minimum Gasteiger partial charge on any atom is -0.489 e. The molecular formula is C119H106N2O16S. The fourth-order valence-corrected chi connectivity index (χ4v) is 16.5. The van der Waals surface area contributed by atoms with Crippen molar-refractivity contribution in [1.82, 2.24) is 4.72 Å². The van der Waals surface area contributed by atoms with Crippen LogP contribution in [0.4, 0.5) is 0 Å². The predicted octanol–water partition coefficient (Wildman–Crippen LogP) is 25.8. The van der Waals surface area contributed by atoms with Crippen LogP contribution >= 0.6 is 0 Å². The van der Waals surface area contributed by atoms with Gasteiger partial charge >= 0.3 is 0 Å². The number of hydrogen-bond donors (Lipinski definition) is 2. The zero-order chi connectivity index (χ0) is 94.1. The summed E-state index contributed by atoms with van der Waals surface area (Å²) in [6.45, 7) is 5.43. The molecule has 19 heteroatoms. The molecule has 18 nitrogen and oxygen atoms in total. The Balaban J connectivity index is 0.622. The lowest BCUT2D eigenvalue weighted by atomic mass is 9.95.